The van der Waals surface area contributed by atoms with Gasteiger partial charge in [0.2, 0.25) is 0 Å². The van der Waals surface area contributed by atoms with Crippen LogP contribution in [-0.4, -0.2) is 25.1 Å². The topological polar surface area (TPSA) is 63.3 Å². The predicted molar refractivity (Wildman–Crippen MR) is 90.5 cm³/mol. The summed E-state index contributed by atoms with van der Waals surface area (Å²) in [5.74, 6) is 0.469. The zero-order valence-corrected chi connectivity index (χ0v) is 13.6. The second-order valence-electron chi connectivity index (χ2n) is 5.34. The number of H-pyrrole nitrogens is 1. The van der Waals surface area contributed by atoms with E-state index in [4.69, 9.17) is 9.47 Å². The second kappa shape index (κ2) is 6.23. The minimum absolute atomic E-state index is 0.297. The first-order valence-corrected chi connectivity index (χ1v) is 7.34. The lowest BCUT2D eigenvalue weighted by Gasteiger charge is -2.11. The van der Waals surface area contributed by atoms with Crippen molar-refractivity contribution < 1.29 is 18.7 Å². The van der Waals surface area contributed by atoms with Crippen LogP contribution >= 0.6 is 0 Å². The number of halogens is 1. The van der Waals surface area contributed by atoms with Crippen LogP contribution in [0.5, 0.6) is 11.5 Å². The van der Waals surface area contributed by atoms with Gasteiger partial charge in [-0.3, -0.25) is 4.79 Å². The standard InChI is InChI=1S/C18H17FN2O3/c1-10-17(13-6-4-11(19)8-15(13)20-10)18(22)21-14-7-5-12(23-2)9-16(14)24-3/h4-9,20H,1-3H3,(H,21,22). The van der Waals surface area contributed by atoms with E-state index in [9.17, 15) is 9.18 Å². The first-order chi connectivity index (χ1) is 11.5. The number of hydrogen-bond donors (Lipinski definition) is 2. The number of nitrogens with one attached hydrogen (secondary N) is 2. The van der Waals surface area contributed by atoms with E-state index in [2.05, 4.69) is 10.3 Å². The number of aromatic amines is 1. The van der Waals surface area contributed by atoms with Gasteiger partial charge in [0.1, 0.15) is 17.3 Å². The fourth-order valence-electron chi connectivity index (χ4n) is 2.68. The summed E-state index contributed by atoms with van der Waals surface area (Å²) in [6, 6.07) is 9.42. The van der Waals surface area contributed by atoms with E-state index in [1.807, 2.05) is 0 Å². The molecule has 0 aliphatic heterocycles. The summed E-state index contributed by atoms with van der Waals surface area (Å²) >= 11 is 0. The van der Waals surface area contributed by atoms with Gasteiger partial charge in [-0.25, -0.2) is 4.39 Å². The van der Waals surface area contributed by atoms with Gasteiger partial charge in [0.05, 0.1) is 25.5 Å². The van der Waals surface area contributed by atoms with Crippen LogP contribution < -0.4 is 14.8 Å². The molecule has 0 unspecified atom stereocenters. The molecule has 3 rings (SSSR count). The lowest BCUT2D eigenvalue weighted by molar-refractivity contribution is 0.102. The van der Waals surface area contributed by atoms with Crippen LogP contribution in [0.2, 0.25) is 0 Å². The molecule has 0 spiro atoms. The summed E-state index contributed by atoms with van der Waals surface area (Å²) in [7, 11) is 3.08. The van der Waals surface area contributed by atoms with E-state index in [1.165, 1.54) is 19.2 Å². The van der Waals surface area contributed by atoms with E-state index >= 15 is 0 Å². The Morgan fingerprint density at radius 3 is 2.62 bits per heavy atom. The first-order valence-electron chi connectivity index (χ1n) is 7.34. The van der Waals surface area contributed by atoms with Crippen LogP contribution in [0.3, 0.4) is 0 Å². The van der Waals surface area contributed by atoms with Gasteiger partial charge in [0, 0.05) is 22.7 Å². The molecule has 6 heteroatoms. The van der Waals surface area contributed by atoms with Gasteiger partial charge in [-0.05, 0) is 37.3 Å². The average molecular weight is 328 g/mol. The molecule has 124 valence electrons. The maximum Gasteiger partial charge on any atom is 0.258 e. The Hall–Kier alpha value is -3.02. The van der Waals surface area contributed by atoms with E-state index in [-0.39, 0.29) is 11.7 Å². The summed E-state index contributed by atoms with van der Waals surface area (Å²) in [6.07, 6.45) is 0. The number of aryl methyl sites for hydroxylation is 1. The third-order valence-corrected chi connectivity index (χ3v) is 3.83. The maximum atomic E-state index is 13.3. The Morgan fingerprint density at radius 2 is 1.92 bits per heavy atom. The molecular formula is C18H17FN2O3. The Morgan fingerprint density at radius 1 is 1.12 bits per heavy atom. The van der Waals surface area contributed by atoms with Crippen molar-refractivity contribution in [3.63, 3.8) is 0 Å². The van der Waals surface area contributed by atoms with Gasteiger partial charge >= 0.3 is 0 Å². The zero-order valence-electron chi connectivity index (χ0n) is 13.6. The first kappa shape index (κ1) is 15.9. The largest absolute Gasteiger partial charge is 0.497 e. The second-order valence-corrected chi connectivity index (χ2v) is 5.34. The summed E-state index contributed by atoms with van der Waals surface area (Å²) < 4.78 is 23.8. The lowest BCUT2D eigenvalue weighted by atomic mass is 10.1. The molecule has 0 aliphatic rings. The average Bonchev–Trinajstić information content (AvgIpc) is 2.89. The summed E-state index contributed by atoms with van der Waals surface area (Å²) in [5.41, 5.74) is 2.25. The fraction of sp³-hybridized carbons (Fsp3) is 0.167. The number of carbonyl (C=O) groups excluding carboxylic acids is 1. The number of amides is 1. The number of aromatic nitrogens is 1. The van der Waals surface area contributed by atoms with E-state index < -0.39 is 0 Å². The molecule has 2 aromatic carbocycles. The molecule has 1 aromatic heterocycles. The Labute approximate surface area is 138 Å². The van der Waals surface area contributed by atoms with Crippen molar-refractivity contribution >= 4 is 22.5 Å². The third kappa shape index (κ3) is 2.78. The highest BCUT2D eigenvalue weighted by atomic mass is 19.1. The van der Waals surface area contributed by atoms with Crippen molar-refractivity contribution in [2.75, 3.05) is 19.5 Å². The van der Waals surface area contributed by atoms with Crippen molar-refractivity contribution in [2.24, 2.45) is 0 Å². The zero-order chi connectivity index (χ0) is 17.3. The summed E-state index contributed by atoms with van der Waals surface area (Å²) in [4.78, 5) is 15.7. The van der Waals surface area contributed by atoms with Gasteiger partial charge in [-0.15, -0.1) is 0 Å². The molecule has 0 bridgehead atoms. The summed E-state index contributed by atoms with van der Waals surface area (Å²) in [5, 5.41) is 3.50. The molecule has 0 saturated carbocycles. The van der Waals surface area contributed by atoms with E-state index in [0.29, 0.717) is 39.3 Å². The predicted octanol–water partition coefficient (Wildman–Crippen LogP) is 3.88. The minimum Gasteiger partial charge on any atom is -0.497 e. The smallest absolute Gasteiger partial charge is 0.258 e. The number of rotatable bonds is 4. The van der Waals surface area contributed by atoms with Crippen LogP contribution in [0.1, 0.15) is 16.1 Å². The van der Waals surface area contributed by atoms with Crippen LogP contribution in [-0.2, 0) is 0 Å². The number of hydrogen-bond acceptors (Lipinski definition) is 3. The van der Waals surface area contributed by atoms with Crippen molar-refractivity contribution in [3.05, 3.63) is 53.5 Å². The molecule has 0 atom stereocenters. The van der Waals surface area contributed by atoms with Crippen LogP contribution in [0.4, 0.5) is 10.1 Å². The van der Waals surface area contributed by atoms with Gasteiger partial charge in [0.25, 0.3) is 5.91 Å². The monoisotopic (exact) mass is 328 g/mol. The Balaban J connectivity index is 1.97. The van der Waals surface area contributed by atoms with Gasteiger partial charge < -0.3 is 19.8 Å². The number of benzene rings is 2. The maximum absolute atomic E-state index is 13.3. The minimum atomic E-state index is -0.354. The van der Waals surface area contributed by atoms with Crippen LogP contribution in [0, 0.1) is 12.7 Å². The highest BCUT2D eigenvalue weighted by Crippen LogP contribution is 2.30. The van der Waals surface area contributed by atoms with Crippen molar-refractivity contribution in [1.29, 1.82) is 0 Å². The highest BCUT2D eigenvalue weighted by molar-refractivity contribution is 6.14. The molecule has 0 fully saturated rings. The highest BCUT2D eigenvalue weighted by Gasteiger charge is 2.18. The number of ether oxygens (including phenoxy) is 2. The van der Waals surface area contributed by atoms with Crippen LogP contribution in [0.25, 0.3) is 10.9 Å². The third-order valence-electron chi connectivity index (χ3n) is 3.83. The normalized spacial score (nSPS) is 10.7. The Kier molecular flexibility index (Phi) is 4.12. The van der Waals surface area contributed by atoms with Gasteiger partial charge in [-0.2, -0.15) is 0 Å². The number of methoxy groups -OCH3 is 2. The lowest BCUT2D eigenvalue weighted by Crippen LogP contribution is -2.13. The number of anilines is 1. The molecule has 0 aliphatic carbocycles. The summed E-state index contributed by atoms with van der Waals surface area (Å²) in [6.45, 7) is 1.78. The quantitative estimate of drug-likeness (QED) is 0.764. The fourth-order valence-corrected chi connectivity index (χ4v) is 2.68. The molecule has 1 heterocycles. The van der Waals surface area contributed by atoms with Crippen molar-refractivity contribution in [3.8, 4) is 11.5 Å². The molecule has 24 heavy (non-hydrogen) atoms. The molecule has 2 N–H and O–H groups in total. The number of carbonyl (C=O) groups is 1. The van der Waals surface area contributed by atoms with E-state index in [0.717, 1.165) is 0 Å². The molecule has 0 radical (unpaired) electrons. The van der Waals surface area contributed by atoms with Gasteiger partial charge in [-0.1, -0.05) is 0 Å². The molecule has 3 aromatic rings. The van der Waals surface area contributed by atoms with Crippen LogP contribution in [0.15, 0.2) is 36.4 Å². The van der Waals surface area contributed by atoms with Crippen molar-refractivity contribution in [2.45, 2.75) is 6.92 Å². The molecular weight excluding hydrogens is 311 g/mol. The molecule has 1 amide bonds. The molecule has 0 saturated heterocycles. The van der Waals surface area contributed by atoms with Gasteiger partial charge in [0.15, 0.2) is 0 Å². The van der Waals surface area contributed by atoms with Crippen molar-refractivity contribution in [1.82, 2.24) is 4.98 Å². The Bertz CT molecular complexity index is 918. The number of fused-ring (bicyclic) bond motifs is 1. The van der Waals surface area contributed by atoms with E-state index in [1.54, 1.807) is 38.3 Å². The molecule has 5 nitrogen and oxygen atoms in total. The SMILES string of the molecule is COc1ccc(NC(=O)c2c(C)[nH]c3cc(F)ccc23)c(OC)c1.